The van der Waals surface area contributed by atoms with Gasteiger partial charge in [-0.1, -0.05) is 11.3 Å². The third-order valence-electron chi connectivity index (χ3n) is 2.86. The van der Waals surface area contributed by atoms with Crippen LogP contribution in [0.2, 0.25) is 0 Å². The van der Waals surface area contributed by atoms with Crippen molar-refractivity contribution in [2.75, 3.05) is 23.0 Å². The van der Waals surface area contributed by atoms with Crippen LogP contribution in [0, 0.1) is 0 Å². The number of anilines is 1. The number of carboxylic acid groups (broad SMARTS) is 1. The first kappa shape index (κ1) is 15.9. The van der Waals surface area contributed by atoms with Crippen molar-refractivity contribution in [1.82, 2.24) is 10.2 Å². The molecule has 1 aromatic heterocycles. The molecule has 1 N–H and O–H groups in total. The molecule has 21 heavy (non-hydrogen) atoms. The summed E-state index contributed by atoms with van der Waals surface area (Å²) in [4.78, 5) is 11.9. The minimum Gasteiger partial charge on any atom is -0.480 e. The Morgan fingerprint density at radius 3 is 2.52 bits per heavy atom. The molecule has 1 aliphatic heterocycles. The van der Waals surface area contributed by atoms with E-state index in [4.69, 9.17) is 5.11 Å². The van der Waals surface area contributed by atoms with Gasteiger partial charge in [-0.15, -0.1) is 10.2 Å². The van der Waals surface area contributed by atoms with Crippen molar-refractivity contribution in [2.24, 2.45) is 0 Å². The highest BCUT2D eigenvalue weighted by Crippen LogP contribution is 2.35. The molecular formula is C9H10F3N3O4S2. The number of carboxylic acids is 1. The molecule has 12 heteroatoms. The average molecular weight is 345 g/mol. The van der Waals surface area contributed by atoms with Gasteiger partial charge < -0.3 is 10.0 Å². The number of halogens is 3. The molecule has 0 aromatic carbocycles. The Bertz CT molecular complexity index is 643. The number of carbonyl (C=O) groups is 1. The molecule has 2 rings (SSSR count). The predicted octanol–water partition coefficient (Wildman–Crippen LogP) is 0.635. The number of nitrogens with zero attached hydrogens (tertiary/aromatic N) is 3. The summed E-state index contributed by atoms with van der Waals surface area (Å²) in [6, 6.07) is -0.708. The van der Waals surface area contributed by atoms with E-state index in [-0.39, 0.29) is 34.4 Å². The van der Waals surface area contributed by atoms with Crippen molar-refractivity contribution in [3.8, 4) is 0 Å². The largest absolute Gasteiger partial charge is 0.480 e. The Morgan fingerprint density at radius 2 is 2.10 bits per heavy atom. The zero-order chi connectivity index (χ0) is 15.8. The molecule has 1 atom stereocenters. The predicted molar refractivity (Wildman–Crippen MR) is 67.0 cm³/mol. The van der Waals surface area contributed by atoms with Gasteiger partial charge in [-0.3, -0.25) is 4.79 Å². The van der Waals surface area contributed by atoms with E-state index in [9.17, 15) is 26.4 Å². The maximum absolute atomic E-state index is 12.5. The lowest BCUT2D eigenvalue weighted by molar-refractivity contribution is -0.138. The van der Waals surface area contributed by atoms with Gasteiger partial charge >= 0.3 is 12.1 Å². The van der Waals surface area contributed by atoms with Crippen molar-refractivity contribution < 1.29 is 31.5 Å². The third kappa shape index (κ3) is 3.81. The van der Waals surface area contributed by atoms with Gasteiger partial charge in [0.25, 0.3) is 0 Å². The lowest BCUT2D eigenvalue weighted by Gasteiger charge is -2.25. The Balaban J connectivity index is 2.28. The zero-order valence-electron chi connectivity index (χ0n) is 10.4. The number of sulfone groups is 1. The first-order chi connectivity index (χ1) is 9.58. The Labute approximate surface area is 121 Å². The summed E-state index contributed by atoms with van der Waals surface area (Å²) in [5, 5.41) is 13.7. The molecule has 0 spiro atoms. The highest BCUT2D eigenvalue weighted by Gasteiger charge is 2.39. The SMILES string of the molecule is O=C(O)CN(c1nnc(C(F)(F)F)s1)C1CCS(=O)(=O)C1. The van der Waals surface area contributed by atoms with Crippen molar-refractivity contribution in [1.29, 1.82) is 0 Å². The molecule has 0 radical (unpaired) electrons. The summed E-state index contributed by atoms with van der Waals surface area (Å²) in [7, 11) is -3.31. The maximum Gasteiger partial charge on any atom is 0.445 e. The molecule has 118 valence electrons. The van der Waals surface area contributed by atoms with E-state index in [1.807, 2.05) is 0 Å². The smallest absolute Gasteiger partial charge is 0.445 e. The van der Waals surface area contributed by atoms with Crippen LogP contribution in [0.3, 0.4) is 0 Å². The van der Waals surface area contributed by atoms with Crippen molar-refractivity contribution in [3.05, 3.63) is 5.01 Å². The quantitative estimate of drug-likeness (QED) is 0.854. The average Bonchev–Trinajstić information content (AvgIpc) is 2.91. The number of hydrogen-bond donors (Lipinski definition) is 1. The van der Waals surface area contributed by atoms with Crippen molar-refractivity contribution in [3.63, 3.8) is 0 Å². The molecule has 7 nitrogen and oxygen atoms in total. The fourth-order valence-electron chi connectivity index (χ4n) is 1.97. The first-order valence-corrected chi connectivity index (χ1v) is 8.32. The van der Waals surface area contributed by atoms with Crippen molar-refractivity contribution in [2.45, 2.75) is 18.6 Å². The van der Waals surface area contributed by atoms with Gasteiger partial charge in [-0.2, -0.15) is 13.2 Å². The molecule has 1 unspecified atom stereocenters. The second kappa shape index (κ2) is 5.40. The molecular weight excluding hydrogens is 335 g/mol. The van der Waals surface area contributed by atoms with Gasteiger partial charge in [0.15, 0.2) is 9.84 Å². The van der Waals surface area contributed by atoms with Crippen LogP contribution in [-0.2, 0) is 20.8 Å². The lowest BCUT2D eigenvalue weighted by Crippen LogP contribution is -2.40. The first-order valence-electron chi connectivity index (χ1n) is 5.68. The van der Waals surface area contributed by atoms with Crippen molar-refractivity contribution >= 4 is 32.3 Å². The maximum atomic E-state index is 12.5. The molecule has 0 bridgehead atoms. The summed E-state index contributed by atoms with van der Waals surface area (Å²) in [6.07, 6.45) is -4.52. The van der Waals surface area contributed by atoms with E-state index in [1.54, 1.807) is 0 Å². The molecule has 1 aromatic rings. The fourth-order valence-corrected chi connectivity index (χ4v) is 4.48. The summed E-state index contributed by atoms with van der Waals surface area (Å²) in [5.41, 5.74) is 0. The Kier molecular flexibility index (Phi) is 4.10. The van der Waals surface area contributed by atoms with Crippen LogP contribution >= 0.6 is 11.3 Å². The number of hydrogen-bond acceptors (Lipinski definition) is 7. The summed E-state index contributed by atoms with van der Waals surface area (Å²) in [6.45, 7) is -0.632. The van der Waals surface area contributed by atoms with Gasteiger partial charge in [-0.05, 0) is 6.42 Å². The Hall–Kier alpha value is -1.43. The van der Waals surface area contributed by atoms with Gasteiger partial charge in [-0.25, -0.2) is 8.42 Å². The van der Waals surface area contributed by atoms with Crippen LogP contribution in [0.25, 0.3) is 0 Å². The highest BCUT2D eigenvalue weighted by molar-refractivity contribution is 7.91. The summed E-state index contributed by atoms with van der Waals surface area (Å²) < 4.78 is 60.4. The minimum absolute atomic E-state index is 0.126. The van der Waals surface area contributed by atoms with E-state index >= 15 is 0 Å². The van der Waals surface area contributed by atoms with Crippen LogP contribution in [-0.4, -0.2) is 53.8 Å². The molecule has 0 saturated carbocycles. The van der Waals surface area contributed by atoms with E-state index in [0.717, 1.165) is 4.90 Å². The second-order valence-electron chi connectivity index (χ2n) is 4.47. The third-order valence-corrected chi connectivity index (χ3v) is 5.61. The van der Waals surface area contributed by atoms with Gasteiger partial charge in [0, 0.05) is 6.04 Å². The van der Waals surface area contributed by atoms with Gasteiger partial charge in [0.2, 0.25) is 10.1 Å². The normalized spacial score (nSPS) is 21.4. The van der Waals surface area contributed by atoms with Crippen LogP contribution in [0.5, 0.6) is 0 Å². The Morgan fingerprint density at radius 1 is 1.43 bits per heavy atom. The van der Waals surface area contributed by atoms with Crippen LogP contribution < -0.4 is 4.90 Å². The second-order valence-corrected chi connectivity index (χ2v) is 7.65. The highest BCUT2D eigenvalue weighted by atomic mass is 32.2. The van der Waals surface area contributed by atoms with E-state index in [1.165, 1.54) is 0 Å². The molecule has 1 fully saturated rings. The fraction of sp³-hybridized carbons (Fsp3) is 0.667. The minimum atomic E-state index is -4.67. The number of alkyl halides is 3. The standard InChI is InChI=1S/C9H10F3N3O4S2/c10-9(11,12)7-13-14-8(20-7)15(3-6(16)17)5-1-2-21(18,19)4-5/h5H,1-4H2,(H,16,17). The summed E-state index contributed by atoms with van der Waals surface area (Å²) >= 11 is 0.197. The van der Waals surface area contributed by atoms with Crippen LogP contribution in [0.4, 0.5) is 18.3 Å². The number of rotatable bonds is 4. The molecule has 0 amide bonds. The van der Waals surface area contributed by atoms with Crippen LogP contribution in [0.1, 0.15) is 11.4 Å². The van der Waals surface area contributed by atoms with Gasteiger partial charge in [0.1, 0.15) is 6.54 Å². The molecule has 0 aliphatic carbocycles. The monoisotopic (exact) mass is 345 g/mol. The summed E-state index contributed by atoms with van der Waals surface area (Å²) in [5.74, 6) is -1.72. The zero-order valence-corrected chi connectivity index (χ0v) is 12.0. The van der Waals surface area contributed by atoms with Crippen LogP contribution in [0.15, 0.2) is 0 Å². The van der Waals surface area contributed by atoms with E-state index in [2.05, 4.69) is 10.2 Å². The number of aromatic nitrogens is 2. The van der Waals surface area contributed by atoms with E-state index < -0.39 is 39.6 Å². The molecule has 1 saturated heterocycles. The molecule has 2 heterocycles. The number of aliphatic carboxylic acids is 1. The molecule has 1 aliphatic rings. The lowest BCUT2D eigenvalue weighted by atomic mass is 10.2. The van der Waals surface area contributed by atoms with Gasteiger partial charge in [0.05, 0.1) is 11.5 Å². The topological polar surface area (TPSA) is 100 Å². The van der Waals surface area contributed by atoms with E-state index in [0.29, 0.717) is 0 Å².